The van der Waals surface area contributed by atoms with Gasteiger partial charge >= 0.3 is 5.97 Å². The van der Waals surface area contributed by atoms with Gasteiger partial charge in [0.2, 0.25) is 0 Å². The van der Waals surface area contributed by atoms with Crippen molar-refractivity contribution in [3.63, 3.8) is 0 Å². The van der Waals surface area contributed by atoms with E-state index in [1.807, 2.05) is 0 Å². The van der Waals surface area contributed by atoms with Gasteiger partial charge in [-0.15, -0.1) is 11.3 Å². The number of thiazole rings is 2. The Hall–Kier alpha value is -2.91. The van der Waals surface area contributed by atoms with Gasteiger partial charge in [0.1, 0.15) is 12.4 Å². The quantitative estimate of drug-likeness (QED) is 0.494. The predicted octanol–water partition coefficient (Wildman–Crippen LogP) is 3.37. The number of esters is 1. The molecule has 0 aliphatic carbocycles. The molecule has 136 valence electrons. The van der Waals surface area contributed by atoms with Crippen LogP contribution in [0.5, 0.6) is 0 Å². The third-order valence-corrected chi connectivity index (χ3v) is 5.77. The number of nitrogens with zero attached hydrogens (tertiary/aromatic N) is 3. The summed E-state index contributed by atoms with van der Waals surface area (Å²) in [5.41, 5.74) is 3.55. The maximum atomic E-state index is 13.6. The Kier molecular flexibility index (Phi) is 4.54. The van der Waals surface area contributed by atoms with Crippen LogP contribution in [0.2, 0.25) is 0 Å². The van der Waals surface area contributed by atoms with Crippen LogP contribution in [0.25, 0.3) is 20.4 Å². The first-order valence-electron chi connectivity index (χ1n) is 7.83. The molecule has 6 nitrogen and oxygen atoms in total. The fraction of sp³-hybridized carbons (Fsp3) is 0.111. The minimum atomic E-state index is -0.487. The molecule has 0 aliphatic heterocycles. The molecule has 2 aromatic heterocycles. The molecule has 0 radical (unpaired) electrons. The first kappa shape index (κ1) is 17.5. The number of hydrogen-bond acceptors (Lipinski definition) is 6. The molecule has 0 atom stereocenters. The molecule has 0 fully saturated rings. The number of aromatic nitrogens is 2. The lowest BCUT2D eigenvalue weighted by molar-refractivity contribution is -0.141. The summed E-state index contributed by atoms with van der Waals surface area (Å²) in [5.74, 6) is -1.34. The highest BCUT2D eigenvalue weighted by molar-refractivity contribution is 7.17. The normalized spacial score (nSPS) is 12.0. The Morgan fingerprint density at radius 3 is 2.89 bits per heavy atom. The zero-order valence-corrected chi connectivity index (χ0v) is 15.6. The van der Waals surface area contributed by atoms with Gasteiger partial charge in [0, 0.05) is 5.56 Å². The van der Waals surface area contributed by atoms with Gasteiger partial charge in [-0.1, -0.05) is 11.3 Å². The molecule has 0 bridgehead atoms. The summed E-state index contributed by atoms with van der Waals surface area (Å²) in [4.78, 5) is 33.1. The fourth-order valence-corrected chi connectivity index (χ4v) is 4.39. The second-order valence-electron chi connectivity index (χ2n) is 5.61. The molecule has 1 amide bonds. The van der Waals surface area contributed by atoms with Crippen LogP contribution in [0.3, 0.4) is 0 Å². The maximum absolute atomic E-state index is 13.6. The van der Waals surface area contributed by atoms with E-state index in [4.69, 9.17) is 4.74 Å². The number of amides is 1. The fourth-order valence-electron chi connectivity index (χ4n) is 2.62. The number of hydrogen-bond donors (Lipinski definition) is 0. The lowest BCUT2D eigenvalue weighted by atomic mass is 10.2. The number of halogens is 1. The average Bonchev–Trinajstić information content (AvgIpc) is 3.25. The maximum Gasteiger partial charge on any atom is 0.325 e. The van der Waals surface area contributed by atoms with Crippen molar-refractivity contribution in [3.8, 4) is 0 Å². The van der Waals surface area contributed by atoms with E-state index in [1.165, 1.54) is 30.6 Å². The zero-order chi connectivity index (χ0) is 19.0. The van der Waals surface area contributed by atoms with Crippen LogP contribution >= 0.6 is 22.7 Å². The zero-order valence-electron chi connectivity index (χ0n) is 14.0. The van der Waals surface area contributed by atoms with Gasteiger partial charge in [-0.25, -0.2) is 9.37 Å². The monoisotopic (exact) mass is 401 g/mol. The van der Waals surface area contributed by atoms with Gasteiger partial charge in [-0.05, 0) is 36.4 Å². The van der Waals surface area contributed by atoms with E-state index in [1.54, 1.807) is 34.3 Å². The number of carbonyl (C=O) groups excluding carboxylic acids is 2. The predicted molar refractivity (Wildman–Crippen MR) is 101 cm³/mol. The molecular weight excluding hydrogens is 389 g/mol. The lowest BCUT2D eigenvalue weighted by Gasteiger charge is -2.03. The molecule has 2 aromatic carbocycles. The van der Waals surface area contributed by atoms with Crippen LogP contribution in [0.4, 0.5) is 4.39 Å². The third-order valence-electron chi connectivity index (χ3n) is 3.94. The van der Waals surface area contributed by atoms with Crippen LogP contribution in [0, 0.1) is 5.82 Å². The molecule has 0 saturated carbocycles. The highest BCUT2D eigenvalue weighted by Crippen LogP contribution is 2.21. The Morgan fingerprint density at radius 2 is 2.07 bits per heavy atom. The molecule has 0 unspecified atom stereocenters. The topological polar surface area (TPSA) is 73.6 Å². The number of benzene rings is 2. The largest absolute Gasteiger partial charge is 0.468 e. The van der Waals surface area contributed by atoms with Gasteiger partial charge in [0.25, 0.3) is 5.91 Å². The van der Waals surface area contributed by atoms with Crippen molar-refractivity contribution in [1.29, 1.82) is 0 Å². The number of carbonyl (C=O) groups is 2. The Balaban J connectivity index is 1.84. The van der Waals surface area contributed by atoms with Crippen LogP contribution < -0.4 is 4.80 Å². The molecule has 2 heterocycles. The first-order chi connectivity index (χ1) is 13.0. The van der Waals surface area contributed by atoms with E-state index >= 15 is 0 Å². The summed E-state index contributed by atoms with van der Waals surface area (Å²) in [6.45, 7) is -0.123. The third kappa shape index (κ3) is 3.38. The van der Waals surface area contributed by atoms with Gasteiger partial charge < -0.3 is 9.30 Å². The summed E-state index contributed by atoms with van der Waals surface area (Å²) in [5, 5.41) is 0. The smallest absolute Gasteiger partial charge is 0.325 e. The molecule has 4 aromatic rings. The molecular formula is C18H12FN3O3S2. The van der Waals surface area contributed by atoms with E-state index in [9.17, 15) is 14.0 Å². The highest BCUT2D eigenvalue weighted by atomic mass is 32.1. The molecule has 4 rings (SSSR count). The Labute approximate surface area is 160 Å². The van der Waals surface area contributed by atoms with Crippen LogP contribution in [0.1, 0.15) is 10.4 Å². The van der Waals surface area contributed by atoms with E-state index in [0.717, 1.165) is 21.6 Å². The van der Waals surface area contributed by atoms with Crippen LogP contribution in [-0.2, 0) is 16.1 Å². The van der Waals surface area contributed by atoms with Crippen LogP contribution in [-0.4, -0.2) is 28.5 Å². The van der Waals surface area contributed by atoms with E-state index in [-0.39, 0.29) is 6.54 Å². The number of fused-ring (bicyclic) bond motifs is 2. The SMILES string of the molecule is COC(=O)Cn1c(=NC(=O)c2ccc3ncsc3c2)sc2cc(F)ccc21. The molecule has 0 saturated heterocycles. The summed E-state index contributed by atoms with van der Waals surface area (Å²) in [6, 6.07) is 9.35. The first-order valence-corrected chi connectivity index (χ1v) is 9.53. The van der Waals surface area contributed by atoms with Crippen molar-refractivity contribution in [2.24, 2.45) is 4.99 Å². The second-order valence-corrected chi connectivity index (χ2v) is 7.51. The van der Waals surface area contributed by atoms with Crippen LogP contribution in [0.15, 0.2) is 46.9 Å². The van der Waals surface area contributed by atoms with Gasteiger partial charge in [0.05, 0.1) is 33.1 Å². The molecule has 0 spiro atoms. The van der Waals surface area contributed by atoms with Crippen molar-refractivity contribution in [1.82, 2.24) is 9.55 Å². The lowest BCUT2D eigenvalue weighted by Crippen LogP contribution is -2.22. The van der Waals surface area contributed by atoms with Crippen molar-refractivity contribution >= 4 is 55.0 Å². The molecule has 27 heavy (non-hydrogen) atoms. The highest BCUT2D eigenvalue weighted by Gasteiger charge is 2.13. The minimum absolute atomic E-state index is 0.123. The van der Waals surface area contributed by atoms with Gasteiger partial charge in [0.15, 0.2) is 4.80 Å². The number of rotatable bonds is 3. The molecule has 9 heteroatoms. The summed E-state index contributed by atoms with van der Waals surface area (Å²) in [6.07, 6.45) is 0. The number of ether oxygens (including phenoxy) is 1. The second kappa shape index (κ2) is 7.01. The summed E-state index contributed by atoms with van der Waals surface area (Å²) < 4.78 is 21.3. The van der Waals surface area contributed by atoms with Crippen molar-refractivity contribution in [3.05, 3.63) is 58.1 Å². The average molecular weight is 401 g/mol. The Morgan fingerprint density at radius 1 is 1.22 bits per heavy atom. The summed E-state index contributed by atoms with van der Waals surface area (Å²) >= 11 is 2.57. The summed E-state index contributed by atoms with van der Waals surface area (Å²) in [7, 11) is 1.28. The van der Waals surface area contributed by atoms with Crippen molar-refractivity contribution in [2.45, 2.75) is 6.54 Å². The molecule has 0 aliphatic rings. The molecule has 0 N–H and O–H groups in total. The van der Waals surface area contributed by atoms with E-state index < -0.39 is 17.7 Å². The van der Waals surface area contributed by atoms with Gasteiger partial charge in [-0.3, -0.25) is 9.59 Å². The van der Waals surface area contributed by atoms with Crippen molar-refractivity contribution < 1.29 is 18.7 Å². The number of methoxy groups -OCH3 is 1. The van der Waals surface area contributed by atoms with E-state index in [2.05, 4.69) is 9.98 Å². The Bertz CT molecular complexity index is 1260. The van der Waals surface area contributed by atoms with E-state index in [0.29, 0.717) is 20.6 Å². The van der Waals surface area contributed by atoms with Crippen molar-refractivity contribution in [2.75, 3.05) is 7.11 Å². The minimum Gasteiger partial charge on any atom is -0.468 e. The van der Waals surface area contributed by atoms with Gasteiger partial charge in [-0.2, -0.15) is 4.99 Å². The standard InChI is InChI=1S/C18H12FN3O3S2/c1-25-16(23)8-22-13-5-3-11(19)7-15(13)27-18(22)21-17(24)10-2-4-12-14(6-10)26-9-20-12/h2-7,9H,8H2,1H3.